The SMILES string of the molecule is NC(=O)c1c(-c2ccc(OCc3ccc(Cl)cn3)cc2)oc2cc(-c3nnn[nH]3)c(F)cc12. The van der Waals surface area contributed by atoms with E-state index in [9.17, 15) is 9.18 Å². The maximum absolute atomic E-state index is 14.7. The molecule has 3 aromatic heterocycles. The van der Waals surface area contributed by atoms with E-state index in [0.717, 1.165) is 5.69 Å². The van der Waals surface area contributed by atoms with Crippen LogP contribution >= 0.6 is 11.6 Å². The summed E-state index contributed by atoms with van der Waals surface area (Å²) in [7, 11) is 0. The first-order valence-corrected chi connectivity index (χ1v) is 10.0. The van der Waals surface area contributed by atoms with Crippen LogP contribution in [0.4, 0.5) is 4.39 Å². The third-order valence-corrected chi connectivity index (χ3v) is 5.14. The van der Waals surface area contributed by atoms with Crippen molar-refractivity contribution in [3.05, 3.63) is 76.8 Å². The molecule has 1 amide bonds. The molecule has 33 heavy (non-hydrogen) atoms. The van der Waals surface area contributed by atoms with Crippen LogP contribution in [-0.4, -0.2) is 31.5 Å². The zero-order valence-corrected chi connectivity index (χ0v) is 17.5. The molecule has 2 aromatic carbocycles. The summed E-state index contributed by atoms with van der Waals surface area (Å²) in [6.07, 6.45) is 1.55. The smallest absolute Gasteiger partial charge is 0.253 e. The Morgan fingerprint density at radius 1 is 1.18 bits per heavy atom. The summed E-state index contributed by atoms with van der Waals surface area (Å²) in [6, 6.07) is 13.0. The van der Waals surface area contributed by atoms with Crippen molar-refractivity contribution in [2.24, 2.45) is 5.73 Å². The highest BCUT2D eigenvalue weighted by Crippen LogP contribution is 2.36. The standard InChI is InChI=1S/C22H14ClFN6O3/c23-12-3-4-13(26-9-12)10-32-14-5-1-11(2-6-14)20-19(21(25)31)16-7-17(24)15(8-18(16)33-20)22-27-29-30-28-22/h1-9H,10H2,(H2,25,31)(H,27,28,29,30). The molecule has 0 atom stereocenters. The second-order valence-corrected chi connectivity index (χ2v) is 7.47. The van der Waals surface area contributed by atoms with Gasteiger partial charge in [-0.3, -0.25) is 9.78 Å². The molecule has 0 aliphatic carbocycles. The van der Waals surface area contributed by atoms with E-state index in [-0.39, 0.29) is 40.3 Å². The molecule has 3 N–H and O–H groups in total. The summed E-state index contributed by atoms with van der Waals surface area (Å²) in [6.45, 7) is 0.256. The first kappa shape index (κ1) is 20.6. The number of ether oxygens (including phenoxy) is 1. The van der Waals surface area contributed by atoms with E-state index in [0.29, 0.717) is 16.3 Å². The van der Waals surface area contributed by atoms with Crippen LogP contribution in [0.3, 0.4) is 0 Å². The molecule has 3 heterocycles. The number of halogens is 2. The van der Waals surface area contributed by atoms with Crippen LogP contribution in [0.15, 0.2) is 59.1 Å². The van der Waals surface area contributed by atoms with Gasteiger partial charge >= 0.3 is 0 Å². The molecule has 0 unspecified atom stereocenters. The van der Waals surface area contributed by atoms with Gasteiger partial charge in [-0.15, -0.1) is 5.10 Å². The van der Waals surface area contributed by atoms with Gasteiger partial charge in [-0.1, -0.05) is 11.6 Å². The average molecular weight is 465 g/mol. The van der Waals surface area contributed by atoms with Gasteiger partial charge in [0.1, 0.15) is 29.5 Å². The normalized spacial score (nSPS) is 11.1. The van der Waals surface area contributed by atoms with E-state index in [2.05, 4.69) is 25.6 Å². The predicted molar refractivity (Wildman–Crippen MR) is 117 cm³/mol. The van der Waals surface area contributed by atoms with Crippen molar-refractivity contribution in [3.63, 3.8) is 0 Å². The molecule has 5 rings (SSSR count). The fourth-order valence-corrected chi connectivity index (χ4v) is 3.48. The zero-order chi connectivity index (χ0) is 22.9. The van der Waals surface area contributed by atoms with Gasteiger partial charge in [0.25, 0.3) is 5.91 Å². The maximum Gasteiger partial charge on any atom is 0.253 e. The van der Waals surface area contributed by atoms with Crippen LogP contribution < -0.4 is 10.5 Å². The van der Waals surface area contributed by atoms with E-state index >= 15 is 0 Å². The number of nitrogens with zero attached hydrogens (tertiary/aromatic N) is 4. The Morgan fingerprint density at radius 3 is 2.67 bits per heavy atom. The van der Waals surface area contributed by atoms with Crippen molar-refractivity contribution in [3.8, 4) is 28.5 Å². The molecule has 0 aliphatic heterocycles. The van der Waals surface area contributed by atoms with E-state index < -0.39 is 11.7 Å². The zero-order valence-electron chi connectivity index (χ0n) is 16.8. The van der Waals surface area contributed by atoms with Crippen molar-refractivity contribution in [2.75, 3.05) is 0 Å². The van der Waals surface area contributed by atoms with Gasteiger partial charge in [-0.05, 0) is 59.0 Å². The number of fused-ring (bicyclic) bond motifs is 1. The van der Waals surface area contributed by atoms with Crippen LogP contribution in [0, 0.1) is 5.82 Å². The number of hydrogen-bond acceptors (Lipinski definition) is 7. The number of hydrogen-bond donors (Lipinski definition) is 2. The summed E-state index contributed by atoms with van der Waals surface area (Å²) in [4.78, 5) is 16.4. The monoisotopic (exact) mass is 464 g/mol. The molecule has 0 aliphatic rings. The molecule has 0 fully saturated rings. The number of rotatable bonds is 6. The van der Waals surface area contributed by atoms with Crippen molar-refractivity contribution in [2.45, 2.75) is 6.61 Å². The van der Waals surface area contributed by atoms with Gasteiger partial charge in [0.05, 0.1) is 21.8 Å². The summed E-state index contributed by atoms with van der Waals surface area (Å²) in [5, 5.41) is 13.9. The van der Waals surface area contributed by atoms with E-state index in [4.69, 9.17) is 26.5 Å². The van der Waals surface area contributed by atoms with Gasteiger partial charge in [-0.25, -0.2) is 9.49 Å². The minimum absolute atomic E-state index is 0.0742. The second-order valence-electron chi connectivity index (χ2n) is 7.03. The molecule has 164 valence electrons. The molecule has 0 bridgehead atoms. The number of nitrogens with two attached hydrogens (primary N) is 1. The fourth-order valence-electron chi connectivity index (χ4n) is 3.37. The number of nitrogens with one attached hydrogen (secondary N) is 1. The topological polar surface area (TPSA) is 133 Å². The lowest BCUT2D eigenvalue weighted by Crippen LogP contribution is -2.11. The molecule has 0 spiro atoms. The highest BCUT2D eigenvalue weighted by Gasteiger charge is 2.23. The van der Waals surface area contributed by atoms with Crippen molar-refractivity contribution >= 4 is 28.5 Å². The summed E-state index contributed by atoms with van der Waals surface area (Å²) < 4.78 is 26.3. The van der Waals surface area contributed by atoms with Crippen LogP contribution in [0.5, 0.6) is 5.75 Å². The van der Waals surface area contributed by atoms with Crippen molar-refractivity contribution in [1.29, 1.82) is 0 Å². The number of carbonyl (C=O) groups is 1. The number of furan rings is 1. The van der Waals surface area contributed by atoms with Gasteiger partial charge in [0, 0.05) is 17.1 Å². The first-order chi connectivity index (χ1) is 16.0. The minimum atomic E-state index is -0.744. The summed E-state index contributed by atoms with van der Waals surface area (Å²) >= 11 is 5.84. The van der Waals surface area contributed by atoms with Gasteiger partial charge in [0.2, 0.25) is 0 Å². The van der Waals surface area contributed by atoms with E-state index in [1.165, 1.54) is 12.1 Å². The fraction of sp³-hybridized carbons (Fsp3) is 0.0455. The number of carbonyl (C=O) groups excluding carboxylic acids is 1. The number of benzene rings is 2. The Balaban J connectivity index is 1.47. The third-order valence-electron chi connectivity index (χ3n) is 4.92. The molecule has 11 heteroatoms. The van der Waals surface area contributed by atoms with Crippen molar-refractivity contribution < 1.29 is 18.3 Å². The largest absolute Gasteiger partial charge is 0.487 e. The Labute approximate surface area is 190 Å². The van der Waals surface area contributed by atoms with Crippen molar-refractivity contribution in [1.82, 2.24) is 25.6 Å². The number of H-pyrrole nitrogens is 1. The molecular weight excluding hydrogens is 451 g/mol. The first-order valence-electron chi connectivity index (χ1n) is 9.63. The molecule has 0 radical (unpaired) electrons. The van der Waals surface area contributed by atoms with E-state index in [1.54, 1.807) is 42.6 Å². The number of primary amides is 1. The Morgan fingerprint density at radius 2 is 2.00 bits per heavy atom. The Hall–Kier alpha value is -4.31. The number of pyridine rings is 1. The number of aromatic nitrogens is 5. The Bertz CT molecular complexity index is 1450. The second kappa shape index (κ2) is 8.32. The lowest BCUT2D eigenvalue weighted by molar-refractivity contribution is 0.100. The van der Waals surface area contributed by atoms with Gasteiger partial charge in [-0.2, -0.15) is 0 Å². The van der Waals surface area contributed by atoms with Crippen LogP contribution in [0.2, 0.25) is 5.02 Å². The Kier molecular flexibility index (Phi) is 5.19. The highest BCUT2D eigenvalue weighted by molar-refractivity contribution is 6.30. The summed E-state index contributed by atoms with van der Waals surface area (Å²) in [5.74, 6) is -0.444. The van der Waals surface area contributed by atoms with Crippen LogP contribution in [0.1, 0.15) is 16.1 Å². The van der Waals surface area contributed by atoms with Gasteiger partial charge in [0.15, 0.2) is 5.82 Å². The van der Waals surface area contributed by atoms with Crippen LogP contribution in [-0.2, 0) is 6.61 Å². The van der Waals surface area contributed by atoms with Crippen LogP contribution in [0.25, 0.3) is 33.7 Å². The lowest BCUT2D eigenvalue weighted by Gasteiger charge is -2.07. The maximum atomic E-state index is 14.7. The summed E-state index contributed by atoms with van der Waals surface area (Å²) in [5.41, 5.74) is 7.32. The number of tetrazole rings is 1. The molecular formula is C22H14ClFN6O3. The molecule has 0 saturated heterocycles. The number of amides is 1. The number of aromatic amines is 1. The minimum Gasteiger partial charge on any atom is -0.487 e. The highest BCUT2D eigenvalue weighted by atomic mass is 35.5. The molecule has 9 nitrogen and oxygen atoms in total. The quantitative estimate of drug-likeness (QED) is 0.385. The molecule has 0 saturated carbocycles. The van der Waals surface area contributed by atoms with Gasteiger partial charge < -0.3 is 14.9 Å². The van der Waals surface area contributed by atoms with E-state index in [1.807, 2.05) is 0 Å². The average Bonchev–Trinajstić information content (AvgIpc) is 3.46. The lowest BCUT2D eigenvalue weighted by atomic mass is 10.0. The molecule has 5 aromatic rings. The predicted octanol–water partition coefficient (Wildman–Crippen LogP) is 4.15. The third kappa shape index (κ3) is 3.99.